The maximum atomic E-state index is 10.4. The van der Waals surface area contributed by atoms with Crippen LogP contribution >= 0.6 is 0 Å². The molecule has 30 heavy (non-hydrogen) atoms. The number of benzene rings is 2. The van der Waals surface area contributed by atoms with Crippen molar-refractivity contribution in [2.24, 2.45) is 10.2 Å². The van der Waals surface area contributed by atoms with Gasteiger partial charge in [-0.25, -0.2) is 0 Å². The summed E-state index contributed by atoms with van der Waals surface area (Å²) in [7, 11) is 0. The van der Waals surface area contributed by atoms with E-state index in [1.54, 1.807) is 0 Å². The molecule has 10 heteroatoms. The number of hydrogen-bond acceptors (Lipinski definition) is 6. The Hall–Kier alpha value is -3.10. The van der Waals surface area contributed by atoms with Crippen molar-refractivity contribution in [3.63, 3.8) is 0 Å². The Morgan fingerprint density at radius 3 is 1.97 bits per heavy atom. The third-order valence-corrected chi connectivity index (χ3v) is 4.71. The van der Waals surface area contributed by atoms with Gasteiger partial charge in [-0.15, -0.1) is 0 Å². The smallest absolute Gasteiger partial charge is 0.166 e. The Morgan fingerprint density at radius 2 is 1.43 bits per heavy atom. The van der Waals surface area contributed by atoms with Gasteiger partial charge < -0.3 is 19.3 Å². The van der Waals surface area contributed by atoms with Gasteiger partial charge in [-0.2, -0.15) is 0 Å². The molecule has 5 atom stereocenters. The van der Waals surface area contributed by atoms with Crippen LogP contribution in [-0.2, 0) is 27.4 Å². The standard InChI is InChI=1S/C20H22N6O4/c21-25-23-11-16-18(28-12-14-7-3-1-4-8-14)19(17(24-26-22)20(27)30-16)29-13-15-9-5-2-6-10-15/h1-10,16-20,27H,11-13H2/t16-,17+,18+,19+,20?/m0/s1. The summed E-state index contributed by atoms with van der Waals surface area (Å²) in [6.07, 6.45) is -3.74. The molecule has 156 valence electrons. The number of aliphatic hydroxyl groups excluding tert-OH is 1. The summed E-state index contributed by atoms with van der Waals surface area (Å²) in [5, 5.41) is 17.6. The first-order chi connectivity index (χ1) is 14.7. The molecule has 1 fully saturated rings. The van der Waals surface area contributed by atoms with E-state index in [0.717, 1.165) is 11.1 Å². The number of rotatable bonds is 9. The van der Waals surface area contributed by atoms with Crippen LogP contribution in [0.4, 0.5) is 0 Å². The van der Waals surface area contributed by atoms with Crippen molar-refractivity contribution in [3.05, 3.63) is 92.7 Å². The van der Waals surface area contributed by atoms with E-state index in [2.05, 4.69) is 20.1 Å². The van der Waals surface area contributed by atoms with Crippen molar-refractivity contribution in [3.8, 4) is 0 Å². The fraction of sp³-hybridized carbons (Fsp3) is 0.400. The van der Waals surface area contributed by atoms with E-state index in [1.165, 1.54) is 0 Å². The van der Waals surface area contributed by atoms with Crippen LogP contribution in [0.5, 0.6) is 0 Å². The molecule has 1 unspecified atom stereocenters. The van der Waals surface area contributed by atoms with Gasteiger partial charge in [-0.3, -0.25) is 0 Å². The molecule has 10 nitrogen and oxygen atoms in total. The second-order valence-corrected chi connectivity index (χ2v) is 6.70. The van der Waals surface area contributed by atoms with Gasteiger partial charge in [0.1, 0.15) is 18.2 Å². The predicted octanol–water partition coefficient (Wildman–Crippen LogP) is 3.86. The molecule has 1 aliphatic heterocycles. The largest absolute Gasteiger partial charge is 0.370 e. The van der Waals surface area contributed by atoms with E-state index in [4.69, 9.17) is 25.3 Å². The highest BCUT2D eigenvalue weighted by atomic mass is 16.6. The maximum absolute atomic E-state index is 10.4. The van der Waals surface area contributed by atoms with Crippen LogP contribution in [0, 0.1) is 0 Å². The van der Waals surface area contributed by atoms with Crippen molar-refractivity contribution in [1.29, 1.82) is 0 Å². The topological polar surface area (TPSA) is 145 Å². The van der Waals surface area contributed by atoms with Gasteiger partial charge in [0.2, 0.25) is 0 Å². The van der Waals surface area contributed by atoms with E-state index in [9.17, 15) is 5.11 Å². The van der Waals surface area contributed by atoms with Crippen molar-refractivity contribution >= 4 is 0 Å². The minimum absolute atomic E-state index is 0.0683. The summed E-state index contributed by atoms with van der Waals surface area (Å²) < 4.78 is 17.7. The summed E-state index contributed by atoms with van der Waals surface area (Å²) >= 11 is 0. The number of azide groups is 2. The Kier molecular flexibility index (Phi) is 8.05. The molecule has 0 aliphatic carbocycles. The maximum Gasteiger partial charge on any atom is 0.166 e. The second kappa shape index (κ2) is 11.2. The van der Waals surface area contributed by atoms with Gasteiger partial charge >= 0.3 is 0 Å². The van der Waals surface area contributed by atoms with Gasteiger partial charge in [0.15, 0.2) is 6.29 Å². The molecule has 0 saturated carbocycles. The zero-order chi connectivity index (χ0) is 21.2. The summed E-state index contributed by atoms with van der Waals surface area (Å²) in [6, 6.07) is 17.9. The van der Waals surface area contributed by atoms with E-state index in [-0.39, 0.29) is 19.8 Å². The lowest BCUT2D eigenvalue weighted by Gasteiger charge is -2.43. The van der Waals surface area contributed by atoms with Crippen LogP contribution in [0.3, 0.4) is 0 Å². The lowest BCUT2D eigenvalue weighted by molar-refractivity contribution is -0.261. The third kappa shape index (κ3) is 5.71. The summed E-state index contributed by atoms with van der Waals surface area (Å²) in [5.74, 6) is 0. The van der Waals surface area contributed by atoms with E-state index >= 15 is 0 Å². The Morgan fingerprint density at radius 1 is 0.867 bits per heavy atom. The average molecular weight is 410 g/mol. The molecular formula is C20H22N6O4. The third-order valence-electron chi connectivity index (χ3n) is 4.71. The van der Waals surface area contributed by atoms with Crippen molar-refractivity contribution < 1.29 is 19.3 Å². The summed E-state index contributed by atoms with van der Waals surface area (Å²) in [6.45, 7) is 0.391. The first-order valence-corrected chi connectivity index (χ1v) is 9.42. The molecule has 0 aromatic heterocycles. The highest BCUT2D eigenvalue weighted by molar-refractivity contribution is 5.14. The number of aliphatic hydroxyl groups is 1. The fourth-order valence-electron chi connectivity index (χ4n) is 3.28. The fourth-order valence-corrected chi connectivity index (χ4v) is 3.28. The van der Waals surface area contributed by atoms with Crippen LogP contribution in [-0.4, -0.2) is 42.3 Å². The zero-order valence-electron chi connectivity index (χ0n) is 16.1. The molecular weight excluding hydrogens is 388 g/mol. The highest BCUT2D eigenvalue weighted by Gasteiger charge is 2.46. The molecule has 1 saturated heterocycles. The number of hydrogen-bond donors (Lipinski definition) is 1. The van der Waals surface area contributed by atoms with Crippen LogP contribution in [0.25, 0.3) is 20.9 Å². The van der Waals surface area contributed by atoms with Crippen LogP contribution in [0.2, 0.25) is 0 Å². The van der Waals surface area contributed by atoms with E-state index in [1.807, 2.05) is 60.7 Å². The Labute approximate surface area is 173 Å². The molecule has 2 aromatic rings. The van der Waals surface area contributed by atoms with Crippen LogP contribution in [0.1, 0.15) is 11.1 Å². The molecule has 0 spiro atoms. The first-order valence-electron chi connectivity index (χ1n) is 9.42. The lowest BCUT2D eigenvalue weighted by Crippen LogP contribution is -2.59. The SMILES string of the molecule is [N-]=[N+]=NC[C@@H]1OC(O)[C@H](N=[N+]=[N-])[C@@H](OCc2ccccc2)[C@@H]1OCc1ccccc1. The number of nitrogens with zero attached hydrogens (tertiary/aromatic N) is 6. The molecule has 3 rings (SSSR count). The lowest BCUT2D eigenvalue weighted by atomic mass is 9.96. The molecule has 1 aliphatic rings. The van der Waals surface area contributed by atoms with Gasteiger partial charge in [0.05, 0.1) is 25.9 Å². The zero-order valence-corrected chi connectivity index (χ0v) is 16.1. The van der Waals surface area contributed by atoms with Crippen LogP contribution in [0.15, 0.2) is 70.9 Å². The first kappa shape index (κ1) is 21.6. The Bertz CT molecular complexity index is 887. The van der Waals surface area contributed by atoms with E-state index < -0.39 is 30.6 Å². The molecule has 1 N–H and O–H groups in total. The average Bonchev–Trinajstić information content (AvgIpc) is 2.78. The monoisotopic (exact) mass is 410 g/mol. The number of ether oxygens (including phenoxy) is 3. The van der Waals surface area contributed by atoms with Crippen LogP contribution < -0.4 is 0 Å². The second-order valence-electron chi connectivity index (χ2n) is 6.70. The highest BCUT2D eigenvalue weighted by Crippen LogP contribution is 2.29. The molecule has 1 heterocycles. The summed E-state index contributed by atoms with van der Waals surface area (Å²) in [4.78, 5) is 5.59. The van der Waals surface area contributed by atoms with Gasteiger partial charge in [-0.1, -0.05) is 70.9 Å². The minimum Gasteiger partial charge on any atom is -0.370 e. The molecule has 0 amide bonds. The molecule has 2 aromatic carbocycles. The molecule has 0 radical (unpaired) electrons. The predicted molar refractivity (Wildman–Crippen MR) is 108 cm³/mol. The van der Waals surface area contributed by atoms with Gasteiger partial charge in [0.25, 0.3) is 0 Å². The van der Waals surface area contributed by atoms with Crippen molar-refractivity contribution in [2.45, 2.75) is 43.9 Å². The summed E-state index contributed by atoms with van der Waals surface area (Å²) in [5.41, 5.74) is 19.5. The Balaban J connectivity index is 1.84. The minimum atomic E-state index is -1.42. The van der Waals surface area contributed by atoms with Gasteiger partial charge in [-0.05, 0) is 22.2 Å². The molecule has 0 bridgehead atoms. The van der Waals surface area contributed by atoms with E-state index in [0.29, 0.717) is 0 Å². The van der Waals surface area contributed by atoms with Crippen molar-refractivity contribution in [1.82, 2.24) is 0 Å². The van der Waals surface area contributed by atoms with Gasteiger partial charge in [0, 0.05) is 9.82 Å². The van der Waals surface area contributed by atoms with Crippen molar-refractivity contribution in [2.75, 3.05) is 6.54 Å². The quantitative estimate of drug-likeness (QED) is 0.380. The normalized spacial score (nSPS) is 25.7.